The Morgan fingerprint density at radius 1 is 1.30 bits per heavy atom. The first-order valence-electron chi connectivity index (χ1n) is 9.57. The van der Waals surface area contributed by atoms with E-state index in [4.69, 9.17) is 9.26 Å². The number of hydrogen-bond acceptors (Lipinski definition) is 7. The quantitative estimate of drug-likeness (QED) is 0.621. The Morgan fingerprint density at radius 2 is 2.15 bits per heavy atom. The van der Waals surface area contributed by atoms with Crippen molar-refractivity contribution in [3.63, 3.8) is 0 Å². The molecule has 3 heterocycles. The molecule has 1 aliphatic heterocycles. The molecule has 1 aliphatic carbocycles. The number of ether oxygens (including phenoxy) is 1. The van der Waals surface area contributed by atoms with Crippen molar-refractivity contribution in [3.05, 3.63) is 29.2 Å². The van der Waals surface area contributed by atoms with Crippen molar-refractivity contribution in [1.82, 2.24) is 14.4 Å². The molecule has 1 saturated carbocycles. The van der Waals surface area contributed by atoms with Crippen molar-refractivity contribution in [2.75, 3.05) is 26.3 Å². The fourth-order valence-electron chi connectivity index (χ4n) is 3.81. The minimum absolute atomic E-state index is 0.0413. The first-order chi connectivity index (χ1) is 13.1. The van der Waals surface area contributed by atoms with Crippen molar-refractivity contribution in [1.29, 1.82) is 0 Å². The van der Waals surface area contributed by atoms with Gasteiger partial charge >= 0.3 is 0 Å². The van der Waals surface area contributed by atoms with Gasteiger partial charge in [-0.05, 0) is 36.6 Å². The van der Waals surface area contributed by atoms with Gasteiger partial charge in [0.1, 0.15) is 4.21 Å². The zero-order valence-corrected chi connectivity index (χ0v) is 16.9. The Bertz CT molecular complexity index is 829. The second kappa shape index (κ2) is 8.38. The van der Waals surface area contributed by atoms with Gasteiger partial charge in [-0.3, -0.25) is 0 Å². The molecule has 0 spiro atoms. The number of rotatable bonds is 8. The lowest BCUT2D eigenvalue weighted by Gasteiger charge is -2.14. The molecule has 4 rings (SSSR count). The van der Waals surface area contributed by atoms with Gasteiger partial charge in [0.2, 0.25) is 5.89 Å². The molecule has 0 radical (unpaired) electrons. The van der Waals surface area contributed by atoms with E-state index in [1.54, 1.807) is 17.5 Å². The van der Waals surface area contributed by atoms with E-state index in [9.17, 15) is 8.42 Å². The molecule has 1 saturated heterocycles. The summed E-state index contributed by atoms with van der Waals surface area (Å²) in [5, 5.41) is 5.81. The zero-order chi connectivity index (χ0) is 18.7. The number of aromatic nitrogens is 2. The zero-order valence-electron chi connectivity index (χ0n) is 15.2. The third-order valence-corrected chi connectivity index (χ3v) is 8.61. The minimum Gasteiger partial charge on any atom is -0.381 e. The maximum atomic E-state index is 12.6. The predicted octanol–water partition coefficient (Wildman–Crippen LogP) is 3.06. The van der Waals surface area contributed by atoms with Crippen LogP contribution in [0.3, 0.4) is 0 Å². The molecule has 7 nitrogen and oxygen atoms in total. The van der Waals surface area contributed by atoms with Gasteiger partial charge in [0.15, 0.2) is 5.82 Å². The van der Waals surface area contributed by atoms with Gasteiger partial charge < -0.3 is 9.26 Å². The average Bonchev–Trinajstić information content (AvgIpc) is 3.46. The first kappa shape index (κ1) is 19.0. The van der Waals surface area contributed by atoms with Crippen LogP contribution in [0.2, 0.25) is 0 Å². The summed E-state index contributed by atoms with van der Waals surface area (Å²) in [5.41, 5.74) is 0. The van der Waals surface area contributed by atoms with E-state index >= 15 is 0 Å². The van der Waals surface area contributed by atoms with Crippen LogP contribution in [0.1, 0.15) is 49.7 Å². The Morgan fingerprint density at radius 3 is 2.93 bits per heavy atom. The highest BCUT2D eigenvalue weighted by molar-refractivity contribution is 7.91. The van der Waals surface area contributed by atoms with E-state index in [1.165, 1.54) is 41.3 Å². The highest BCUT2D eigenvalue weighted by Gasteiger charge is 2.36. The fourth-order valence-corrected chi connectivity index (χ4v) is 6.46. The van der Waals surface area contributed by atoms with E-state index in [1.807, 2.05) is 0 Å². The molecule has 1 atom stereocenters. The number of sulfonamides is 1. The number of hydrogen-bond donors (Lipinski definition) is 0. The lowest BCUT2D eigenvalue weighted by Crippen LogP contribution is -2.28. The van der Waals surface area contributed by atoms with Gasteiger partial charge in [0.25, 0.3) is 10.0 Å². The van der Waals surface area contributed by atoms with Crippen LogP contribution in [0, 0.1) is 5.92 Å². The van der Waals surface area contributed by atoms with E-state index in [0.717, 1.165) is 6.61 Å². The fraction of sp³-hybridized carbons (Fsp3) is 0.667. The van der Waals surface area contributed by atoms with Gasteiger partial charge in [-0.15, -0.1) is 11.3 Å². The summed E-state index contributed by atoms with van der Waals surface area (Å²) in [4.78, 5) is 4.46. The monoisotopic (exact) mass is 411 g/mol. The average molecular weight is 412 g/mol. The lowest BCUT2D eigenvalue weighted by atomic mass is 10.1. The third kappa shape index (κ3) is 4.42. The number of nitrogens with zero attached hydrogens (tertiary/aromatic N) is 3. The molecule has 2 aromatic rings. The predicted molar refractivity (Wildman–Crippen MR) is 101 cm³/mol. The highest BCUT2D eigenvalue weighted by Crippen LogP contribution is 2.31. The molecule has 9 heteroatoms. The van der Waals surface area contributed by atoms with Crippen LogP contribution in [-0.4, -0.2) is 49.2 Å². The molecule has 1 unspecified atom stereocenters. The summed E-state index contributed by atoms with van der Waals surface area (Å²) in [7, 11) is -3.41. The van der Waals surface area contributed by atoms with Crippen LogP contribution in [0.5, 0.6) is 0 Å². The second-order valence-electron chi connectivity index (χ2n) is 7.30. The van der Waals surface area contributed by atoms with E-state index in [-0.39, 0.29) is 5.92 Å². The highest BCUT2D eigenvalue weighted by atomic mass is 32.2. The van der Waals surface area contributed by atoms with E-state index in [2.05, 4.69) is 10.1 Å². The van der Waals surface area contributed by atoms with Crippen molar-refractivity contribution in [2.24, 2.45) is 5.92 Å². The minimum atomic E-state index is -3.41. The Hall–Kier alpha value is -1.29. The molecular formula is C18H25N3O4S2. The lowest BCUT2D eigenvalue weighted by molar-refractivity contribution is 0.102. The molecule has 148 valence electrons. The van der Waals surface area contributed by atoms with Crippen molar-refractivity contribution >= 4 is 21.4 Å². The van der Waals surface area contributed by atoms with Crippen LogP contribution < -0.4 is 0 Å². The summed E-state index contributed by atoms with van der Waals surface area (Å²) in [6.45, 7) is 2.29. The van der Waals surface area contributed by atoms with Gasteiger partial charge in [0, 0.05) is 26.1 Å². The van der Waals surface area contributed by atoms with Gasteiger partial charge in [-0.2, -0.15) is 9.29 Å². The summed E-state index contributed by atoms with van der Waals surface area (Å²) < 4.78 is 38.3. The Labute approximate surface area is 163 Å². The SMILES string of the molecule is O=S(=O)(c1cccs1)N1CCC(c2nc(CCOCC3CCCC3)no2)C1. The Balaban J connectivity index is 1.27. The third-order valence-electron chi connectivity index (χ3n) is 5.37. The smallest absolute Gasteiger partial charge is 0.252 e. The topological polar surface area (TPSA) is 85.5 Å². The molecule has 0 aromatic carbocycles. The molecule has 27 heavy (non-hydrogen) atoms. The normalized spacial score (nSPS) is 22.0. The van der Waals surface area contributed by atoms with Crippen LogP contribution in [0.4, 0.5) is 0 Å². The molecule has 2 fully saturated rings. The maximum Gasteiger partial charge on any atom is 0.252 e. The summed E-state index contributed by atoms with van der Waals surface area (Å²) >= 11 is 1.24. The van der Waals surface area contributed by atoms with Crippen LogP contribution in [-0.2, 0) is 21.2 Å². The standard InChI is InChI=1S/C18H25N3O4S2/c22-27(23,17-6-3-11-26-17)21-9-7-15(12-21)18-19-16(20-25-18)8-10-24-13-14-4-1-2-5-14/h3,6,11,14-15H,1-2,4-5,7-10,12-13H2. The van der Waals surface area contributed by atoms with Gasteiger partial charge in [0.05, 0.1) is 12.5 Å². The maximum absolute atomic E-state index is 12.6. The van der Waals surface area contributed by atoms with Crippen molar-refractivity contribution in [2.45, 2.75) is 48.7 Å². The summed E-state index contributed by atoms with van der Waals surface area (Å²) in [6, 6.07) is 3.40. The van der Waals surface area contributed by atoms with Crippen LogP contribution in [0.15, 0.2) is 26.2 Å². The number of thiophene rings is 1. The Kier molecular flexibility index (Phi) is 5.91. The molecule has 2 aromatic heterocycles. The molecule has 2 aliphatic rings. The molecular weight excluding hydrogens is 386 g/mol. The van der Waals surface area contributed by atoms with E-state index < -0.39 is 10.0 Å². The van der Waals surface area contributed by atoms with Gasteiger partial charge in [-0.1, -0.05) is 24.1 Å². The summed E-state index contributed by atoms with van der Waals surface area (Å²) in [5.74, 6) is 1.83. The largest absolute Gasteiger partial charge is 0.381 e. The first-order valence-corrected chi connectivity index (χ1v) is 11.9. The van der Waals surface area contributed by atoms with E-state index in [0.29, 0.717) is 54.4 Å². The molecule has 0 amide bonds. The van der Waals surface area contributed by atoms with Crippen LogP contribution >= 0.6 is 11.3 Å². The second-order valence-corrected chi connectivity index (χ2v) is 10.4. The van der Waals surface area contributed by atoms with Crippen molar-refractivity contribution < 1.29 is 17.7 Å². The molecule has 0 bridgehead atoms. The van der Waals surface area contributed by atoms with Gasteiger partial charge in [-0.25, -0.2) is 8.42 Å². The summed E-state index contributed by atoms with van der Waals surface area (Å²) in [6.07, 6.45) is 6.52. The van der Waals surface area contributed by atoms with Crippen molar-refractivity contribution in [3.8, 4) is 0 Å². The van der Waals surface area contributed by atoms with Crippen LogP contribution in [0.25, 0.3) is 0 Å². The molecule has 0 N–H and O–H groups in total.